The van der Waals surface area contributed by atoms with Crippen molar-refractivity contribution in [1.29, 1.82) is 0 Å². The van der Waals surface area contributed by atoms with E-state index in [1.165, 1.54) is 19.1 Å². The second-order valence-electron chi connectivity index (χ2n) is 3.18. The first-order valence-electron chi connectivity index (χ1n) is 4.12. The van der Waals surface area contributed by atoms with Gasteiger partial charge in [0, 0.05) is 10.6 Å². The van der Waals surface area contributed by atoms with Gasteiger partial charge in [0.2, 0.25) is 0 Å². The van der Waals surface area contributed by atoms with Crippen LogP contribution in [0.5, 0.6) is 0 Å². The molecule has 0 spiro atoms. The van der Waals surface area contributed by atoms with Crippen molar-refractivity contribution in [3.8, 4) is 0 Å². The van der Waals surface area contributed by atoms with Crippen molar-refractivity contribution < 1.29 is 14.3 Å². The molecule has 0 saturated heterocycles. The molecule has 0 amide bonds. The molecule has 1 aromatic carbocycles. The lowest BCUT2D eigenvalue weighted by Crippen LogP contribution is -2.09. The largest absolute Gasteiger partial charge is 0.481 e. The Morgan fingerprint density at radius 2 is 2.14 bits per heavy atom. The molecule has 76 valence electrons. The van der Waals surface area contributed by atoms with Crippen molar-refractivity contribution in [3.63, 3.8) is 0 Å². The van der Waals surface area contributed by atoms with E-state index in [1.54, 1.807) is 6.92 Å². The first-order valence-corrected chi connectivity index (χ1v) is 4.49. The van der Waals surface area contributed by atoms with E-state index in [0.717, 1.165) is 0 Å². The molecule has 0 aromatic heterocycles. The Balaban J connectivity index is 3.22. The van der Waals surface area contributed by atoms with Gasteiger partial charge in [-0.3, -0.25) is 4.79 Å². The Labute approximate surface area is 86.3 Å². The third-order valence-electron chi connectivity index (χ3n) is 2.11. The third kappa shape index (κ3) is 2.04. The topological polar surface area (TPSA) is 37.3 Å². The second-order valence-corrected chi connectivity index (χ2v) is 3.59. The Morgan fingerprint density at radius 3 is 2.64 bits per heavy atom. The summed E-state index contributed by atoms with van der Waals surface area (Å²) in [6.45, 7) is 3.09. The van der Waals surface area contributed by atoms with E-state index < -0.39 is 17.7 Å². The van der Waals surface area contributed by atoms with E-state index in [9.17, 15) is 9.18 Å². The summed E-state index contributed by atoms with van der Waals surface area (Å²) < 4.78 is 13.3. The van der Waals surface area contributed by atoms with Crippen LogP contribution < -0.4 is 0 Å². The van der Waals surface area contributed by atoms with Gasteiger partial charge in [-0.1, -0.05) is 11.6 Å². The quantitative estimate of drug-likeness (QED) is 0.825. The zero-order chi connectivity index (χ0) is 10.9. The van der Waals surface area contributed by atoms with Gasteiger partial charge in [0.25, 0.3) is 0 Å². The van der Waals surface area contributed by atoms with Crippen LogP contribution in [-0.2, 0) is 4.79 Å². The highest BCUT2D eigenvalue weighted by Gasteiger charge is 2.18. The summed E-state index contributed by atoms with van der Waals surface area (Å²) >= 11 is 5.77. The van der Waals surface area contributed by atoms with Gasteiger partial charge >= 0.3 is 5.97 Å². The summed E-state index contributed by atoms with van der Waals surface area (Å²) in [5, 5.41) is 9.09. The predicted octanol–water partition coefficient (Wildman–Crippen LogP) is 2.98. The van der Waals surface area contributed by atoms with E-state index in [4.69, 9.17) is 16.7 Å². The van der Waals surface area contributed by atoms with Gasteiger partial charge in [-0.05, 0) is 31.5 Å². The maximum Gasteiger partial charge on any atom is 0.310 e. The van der Waals surface area contributed by atoms with Crippen molar-refractivity contribution in [3.05, 3.63) is 34.1 Å². The number of benzene rings is 1. The molecule has 4 heteroatoms. The number of aryl methyl sites for hydroxylation is 1. The molecule has 0 aliphatic carbocycles. The average molecular weight is 217 g/mol. The molecular weight excluding hydrogens is 207 g/mol. The standard InChI is InChI=1S/C10H10ClFO2/c1-5-3-9(12)7(4-8(5)11)6(2)10(13)14/h3-4,6H,1-2H3,(H,13,14). The van der Waals surface area contributed by atoms with Crippen molar-refractivity contribution in [2.24, 2.45) is 0 Å². The van der Waals surface area contributed by atoms with Crippen LogP contribution in [0.4, 0.5) is 4.39 Å². The first-order chi connectivity index (χ1) is 6.43. The molecule has 1 rings (SSSR count). The van der Waals surface area contributed by atoms with Crippen molar-refractivity contribution in [2.45, 2.75) is 19.8 Å². The number of hydrogen-bond acceptors (Lipinski definition) is 1. The van der Waals surface area contributed by atoms with Crippen LogP contribution in [0.3, 0.4) is 0 Å². The van der Waals surface area contributed by atoms with E-state index in [-0.39, 0.29) is 5.56 Å². The van der Waals surface area contributed by atoms with Gasteiger partial charge in [0.15, 0.2) is 0 Å². The van der Waals surface area contributed by atoms with Crippen LogP contribution in [0.15, 0.2) is 12.1 Å². The summed E-state index contributed by atoms with van der Waals surface area (Å²) in [4.78, 5) is 10.6. The molecule has 0 heterocycles. The second kappa shape index (κ2) is 3.96. The van der Waals surface area contributed by atoms with Crippen LogP contribution in [0.25, 0.3) is 0 Å². The molecule has 0 aliphatic heterocycles. The number of carboxylic acids is 1. The molecule has 14 heavy (non-hydrogen) atoms. The minimum Gasteiger partial charge on any atom is -0.481 e. The summed E-state index contributed by atoms with van der Waals surface area (Å²) in [6.07, 6.45) is 0. The van der Waals surface area contributed by atoms with E-state index in [2.05, 4.69) is 0 Å². The van der Waals surface area contributed by atoms with Crippen LogP contribution in [0.2, 0.25) is 5.02 Å². The van der Waals surface area contributed by atoms with E-state index in [0.29, 0.717) is 10.6 Å². The lowest BCUT2D eigenvalue weighted by atomic mass is 9.99. The van der Waals surface area contributed by atoms with Crippen LogP contribution in [-0.4, -0.2) is 11.1 Å². The molecule has 0 saturated carbocycles. The zero-order valence-corrected chi connectivity index (χ0v) is 8.60. The van der Waals surface area contributed by atoms with Crippen LogP contribution in [0.1, 0.15) is 24.0 Å². The maximum atomic E-state index is 13.3. The lowest BCUT2D eigenvalue weighted by Gasteiger charge is -2.09. The number of rotatable bonds is 2. The molecular formula is C10H10ClFO2. The van der Waals surface area contributed by atoms with E-state index in [1.807, 2.05) is 0 Å². The smallest absolute Gasteiger partial charge is 0.310 e. The summed E-state index contributed by atoms with van der Waals surface area (Å²) in [5.74, 6) is -2.47. The van der Waals surface area contributed by atoms with Gasteiger partial charge in [-0.15, -0.1) is 0 Å². The molecule has 1 unspecified atom stereocenters. The highest BCUT2D eigenvalue weighted by atomic mass is 35.5. The predicted molar refractivity (Wildman–Crippen MR) is 52.2 cm³/mol. The zero-order valence-electron chi connectivity index (χ0n) is 7.84. The van der Waals surface area contributed by atoms with Gasteiger partial charge in [0.1, 0.15) is 5.82 Å². The SMILES string of the molecule is Cc1cc(F)c(C(C)C(=O)O)cc1Cl. The fraction of sp³-hybridized carbons (Fsp3) is 0.300. The van der Waals surface area contributed by atoms with Crippen molar-refractivity contribution in [2.75, 3.05) is 0 Å². The van der Waals surface area contributed by atoms with Crippen LogP contribution >= 0.6 is 11.6 Å². The minimum atomic E-state index is -1.07. The molecule has 0 bridgehead atoms. The molecule has 0 fully saturated rings. The van der Waals surface area contributed by atoms with Crippen LogP contribution in [0, 0.1) is 12.7 Å². The Hall–Kier alpha value is -1.09. The highest BCUT2D eigenvalue weighted by Crippen LogP contribution is 2.25. The lowest BCUT2D eigenvalue weighted by molar-refractivity contribution is -0.138. The molecule has 0 aliphatic rings. The van der Waals surface area contributed by atoms with Gasteiger partial charge in [-0.25, -0.2) is 4.39 Å². The Morgan fingerprint density at radius 1 is 1.57 bits per heavy atom. The normalized spacial score (nSPS) is 12.6. The fourth-order valence-electron chi connectivity index (χ4n) is 1.13. The Kier molecular flexibility index (Phi) is 3.11. The first kappa shape index (κ1) is 11.0. The highest BCUT2D eigenvalue weighted by molar-refractivity contribution is 6.31. The summed E-state index contributed by atoms with van der Waals surface area (Å²) in [6, 6.07) is 2.61. The van der Waals surface area contributed by atoms with Gasteiger partial charge < -0.3 is 5.11 Å². The Bertz CT molecular complexity index is 377. The molecule has 0 radical (unpaired) electrons. The average Bonchev–Trinajstić information content (AvgIpc) is 2.10. The van der Waals surface area contributed by atoms with Crippen molar-refractivity contribution in [1.82, 2.24) is 0 Å². The third-order valence-corrected chi connectivity index (χ3v) is 2.52. The molecule has 1 N–H and O–H groups in total. The van der Waals surface area contributed by atoms with Gasteiger partial charge in [-0.2, -0.15) is 0 Å². The van der Waals surface area contributed by atoms with Crippen molar-refractivity contribution >= 4 is 17.6 Å². The maximum absolute atomic E-state index is 13.3. The number of hydrogen-bond donors (Lipinski definition) is 1. The summed E-state index contributed by atoms with van der Waals surface area (Å²) in [5.41, 5.74) is 0.721. The number of aliphatic carboxylic acids is 1. The number of carbonyl (C=O) groups is 1. The fourth-order valence-corrected chi connectivity index (χ4v) is 1.30. The van der Waals surface area contributed by atoms with Gasteiger partial charge in [0.05, 0.1) is 5.92 Å². The molecule has 1 aromatic rings. The number of carboxylic acid groups (broad SMARTS) is 1. The minimum absolute atomic E-state index is 0.119. The summed E-state index contributed by atoms with van der Waals surface area (Å²) in [7, 11) is 0. The monoisotopic (exact) mass is 216 g/mol. The molecule has 1 atom stereocenters. The molecule has 2 nitrogen and oxygen atoms in total. The number of halogens is 2. The van der Waals surface area contributed by atoms with E-state index >= 15 is 0 Å².